The summed E-state index contributed by atoms with van der Waals surface area (Å²) in [7, 11) is 0. The van der Waals surface area contributed by atoms with E-state index in [1.54, 1.807) is 0 Å². The molecule has 14 heavy (non-hydrogen) atoms. The predicted octanol–water partition coefficient (Wildman–Crippen LogP) is 3.16. The van der Waals surface area contributed by atoms with Crippen molar-refractivity contribution in [3.05, 3.63) is 0 Å². The lowest BCUT2D eigenvalue weighted by Crippen LogP contribution is -2.32. The summed E-state index contributed by atoms with van der Waals surface area (Å²) in [6.07, 6.45) is 5.77. The second-order valence-corrected chi connectivity index (χ2v) is 4.54. The minimum atomic E-state index is -1.52. The zero-order valence-electron chi connectivity index (χ0n) is 8.76. The van der Waals surface area contributed by atoms with Crippen molar-refractivity contribution in [3.63, 3.8) is 0 Å². The number of carboxylic acid groups (broad SMARTS) is 1. The van der Waals surface area contributed by atoms with Gasteiger partial charge in [0.15, 0.2) is 0 Å². The van der Waals surface area contributed by atoms with E-state index in [4.69, 9.17) is 5.11 Å². The van der Waals surface area contributed by atoms with Gasteiger partial charge in [-0.25, -0.2) is 4.39 Å². The largest absolute Gasteiger partial charge is 0.481 e. The van der Waals surface area contributed by atoms with E-state index in [1.807, 2.05) is 0 Å². The molecular weight excluding hydrogens is 183 g/mol. The van der Waals surface area contributed by atoms with Crippen LogP contribution in [0.1, 0.15) is 51.9 Å². The highest BCUT2D eigenvalue weighted by atomic mass is 19.1. The molecule has 1 fully saturated rings. The second kappa shape index (κ2) is 4.76. The summed E-state index contributed by atoms with van der Waals surface area (Å²) < 4.78 is 14.0. The van der Waals surface area contributed by atoms with E-state index in [2.05, 4.69) is 0 Å². The summed E-state index contributed by atoms with van der Waals surface area (Å²) in [6.45, 7) is 1.44. The quantitative estimate of drug-likeness (QED) is 0.714. The fraction of sp³-hybridized carbons (Fsp3) is 0.909. The van der Waals surface area contributed by atoms with Gasteiger partial charge >= 0.3 is 5.97 Å². The highest BCUT2D eigenvalue weighted by Gasteiger charge is 2.36. The molecule has 1 unspecified atom stereocenters. The molecule has 1 atom stereocenters. The summed E-state index contributed by atoms with van der Waals surface area (Å²) >= 11 is 0. The normalized spacial score (nSPS) is 23.9. The molecule has 1 saturated carbocycles. The molecule has 0 saturated heterocycles. The summed E-state index contributed by atoms with van der Waals surface area (Å²) in [4.78, 5) is 10.5. The number of halogens is 1. The molecule has 3 heteroatoms. The van der Waals surface area contributed by atoms with E-state index >= 15 is 0 Å². The molecule has 1 aliphatic rings. The van der Waals surface area contributed by atoms with Crippen molar-refractivity contribution < 1.29 is 14.3 Å². The van der Waals surface area contributed by atoms with Gasteiger partial charge in [0.2, 0.25) is 0 Å². The Kier molecular flexibility index (Phi) is 3.90. The van der Waals surface area contributed by atoms with Gasteiger partial charge in [-0.1, -0.05) is 25.7 Å². The number of rotatable bonds is 3. The van der Waals surface area contributed by atoms with Gasteiger partial charge in [-0.2, -0.15) is 0 Å². The van der Waals surface area contributed by atoms with Crippen molar-refractivity contribution in [3.8, 4) is 0 Å². The van der Waals surface area contributed by atoms with Gasteiger partial charge in [0, 0.05) is 0 Å². The van der Waals surface area contributed by atoms with Crippen LogP contribution in [-0.2, 0) is 4.79 Å². The molecule has 0 aromatic heterocycles. The lowest BCUT2D eigenvalue weighted by Gasteiger charge is -2.28. The SMILES string of the molecule is CC(F)(CC(=O)O)C1CCCCCC1. The summed E-state index contributed by atoms with van der Waals surface area (Å²) in [5, 5.41) is 8.61. The number of carboxylic acids is 1. The lowest BCUT2D eigenvalue weighted by molar-refractivity contribution is -0.141. The first-order valence-electron chi connectivity index (χ1n) is 5.43. The van der Waals surface area contributed by atoms with Crippen LogP contribution in [0.15, 0.2) is 0 Å². The molecule has 0 radical (unpaired) electrons. The summed E-state index contributed by atoms with van der Waals surface area (Å²) in [5.74, 6) is -1.08. The predicted molar refractivity (Wildman–Crippen MR) is 53.0 cm³/mol. The zero-order valence-corrected chi connectivity index (χ0v) is 8.76. The number of carbonyl (C=O) groups is 1. The Hall–Kier alpha value is -0.600. The molecule has 0 spiro atoms. The van der Waals surface area contributed by atoms with Crippen LogP contribution in [0.5, 0.6) is 0 Å². The first-order valence-corrected chi connectivity index (χ1v) is 5.43. The Labute approximate surface area is 84.5 Å². The summed E-state index contributed by atoms with van der Waals surface area (Å²) in [6, 6.07) is 0. The van der Waals surface area contributed by atoms with E-state index < -0.39 is 11.6 Å². The molecule has 0 amide bonds. The standard InChI is InChI=1S/C11H19FO2/c1-11(12,8-10(13)14)9-6-4-2-3-5-7-9/h9H,2-8H2,1H3,(H,13,14). The van der Waals surface area contributed by atoms with Crippen molar-refractivity contribution in [1.82, 2.24) is 0 Å². The monoisotopic (exact) mass is 202 g/mol. The van der Waals surface area contributed by atoms with Crippen molar-refractivity contribution >= 4 is 5.97 Å². The smallest absolute Gasteiger partial charge is 0.306 e. The molecule has 82 valence electrons. The Bertz CT molecular complexity index is 193. The second-order valence-electron chi connectivity index (χ2n) is 4.54. The Morgan fingerprint density at radius 3 is 2.29 bits per heavy atom. The van der Waals surface area contributed by atoms with E-state index in [0.29, 0.717) is 0 Å². The van der Waals surface area contributed by atoms with Gasteiger partial charge in [0.1, 0.15) is 5.67 Å². The fourth-order valence-corrected chi connectivity index (χ4v) is 2.32. The van der Waals surface area contributed by atoms with Crippen LogP contribution < -0.4 is 0 Å². The molecule has 0 aromatic rings. The molecule has 1 aliphatic carbocycles. The fourth-order valence-electron chi connectivity index (χ4n) is 2.32. The maximum Gasteiger partial charge on any atom is 0.306 e. The average Bonchev–Trinajstić information content (AvgIpc) is 2.28. The maximum atomic E-state index is 14.0. The number of hydrogen-bond acceptors (Lipinski definition) is 1. The molecule has 0 bridgehead atoms. The third-order valence-corrected chi connectivity index (χ3v) is 3.20. The highest BCUT2D eigenvalue weighted by molar-refractivity contribution is 5.68. The van der Waals surface area contributed by atoms with E-state index in [9.17, 15) is 9.18 Å². The Balaban J connectivity index is 2.54. The molecule has 0 aliphatic heterocycles. The van der Waals surface area contributed by atoms with Crippen LogP contribution in [0, 0.1) is 5.92 Å². The van der Waals surface area contributed by atoms with Crippen molar-refractivity contribution in [1.29, 1.82) is 0 Å². The summed E-state index contributed by atoms with van der Waals surface area (Å²) in [5.41, 5.74) is -1.52. The first-order chi connectivity index (χ1) is 6.52. The third-order valence-electron chi connectivity index (χ3n) is 3.20. The van der Waals surface area contributed by atoms with Gasteiger partial charge in [-0.15, -0.1) is 0 Å². The van der Waals surface area contributed by atoms with Crippen LogP contribution in [0.3, 0.4) is 0 Å². The number of hydrogen-bond donors (Lipinski definition) is 1. The minimum absolute atomic E-state index is 0.0545. The third kappa shape index (κ3) is 3.28. The first kappa shape index (κ1) is 11.5. The Morgan fingerprint density at radius 2 is 1.86 bits per heavy atom. The zero-order chi connectivity index (χ0) is 10.6. The van der Waals surface area contributed by atoms with Crippen LogP contribution >= 0.6 is 0 Å². The molecule has 0 heterocycles. The lowest BCUT2D eigenvalue weighted by atomic mass is 9.83. The molecule has 1 N–H and O–H groups in total. The highest BCUT2D eigenvalue weighted by Crippen LogP contribution is 2.36. The van der Waals surface area contributed by atoms with E-state index in [1.165, 1.54) is 19.8 Å². The molecule has 1 rings (SSSR count). The number of aliphatic carboxylic acids is 1. The molecule has 0 aromatic carbocycles. The maximum absolute atomic E-state index is 14.0. The van der Waals surface area contributed by atoms with E-state index in [0.717, 1.165) is 25.7 Å². The van der Waals surface area contributed by atoms with Crippen LogP contribution in [0.4, 0.5) is 4.39 Å². The Morgan fingerprint density at radius 1 is 1.36 bits per heavy atom. The minimum Gasteiger partial charge on any atom is -0.481 e. The van der Waals surface area contributed by atoms with Gasteiger partial charge < -0.3 is 5.11 Å². The van der Waals surface area contributed by atoms with Crippen LogP contribution in [-0.4, -0.2) is 16.7 Å². The van der Waals surface area contributed by atoms with E-state index in [-0.39, 0.29) is 12.3 Å². The van der Waals surface area contributed by atoms with Crippen molar-refractivity contribution in [2.24, 2.45) is 5.92 Å². The average molecular weight is 202 g/mol. The van der Waals surface area contributed by atoms with Crippen molar-refractivity contribution in [2.75, 3.05) is 0 Å². The molecule has 2 nitrogen and oxygen atoms in total. The van der Waals surface area contributed by atoms with Crippen LogP contribution in [0.2, 0.25) is 0 Å². The van der Waals surface area contributed by atoms with Gasteiger partial charge in [-0.3, -0.25) is 4.79 Å². The van der Waals surface area contributed by atoms with Crippen molar-refractivity contribution in [2.45, 2.75) is 57.5 Å². The van der Waals surface area contributed by atoms with Gasteiger partial charge in [0.25, 0.3) is 0 Å². The van der Waals surface area contributed by atoms with Gasteiger partial charge in [-0.05, 0) is 25.7 Å². The van der Waals surface area contributed by atoms with Gasteiger partial charge in [0.05, 0.1) is 6.42 Å². The van der Waals surface area contributed by atoms with Crippen LogP contribution in [0.25, 0.3) is 0 Å². The topological polar surface area (TPSA) is 37.3 Å². The number of alkyl halides is 1. The molecular formula is C11H19FO2.